The Kier molecular flexibility index (Phi) is 4.86. The Hall–Kier alpha value is -2.01. The highest BCUT2D eigenvalue weighted by atomic mass is 32.1. The Balaban J connectivity index is 1.61. The normalized spacial score (nSPS) is 18.8. The summed E-state index contributed by atoms with van der Waals surface area (Å²) >= 11 is 1.41. The van der Waals surface area contributed by atoms with E-state index in [9.17, 15) is 9.59 Å². The van der Waals surface area contributed by atoms with Crippen molar-refractivity contribution in [3.05, 3.63) is 47.0 Å². The van der Waals surface area contributed by atoms with E-state index >= 15 is 0 Å². The highest BCUT2D eigenvalue weighted by molar-refractivity contribution is 7.13. The van der Waals surface area contributed by atoms with Crippen LogP contribution in [0.15, 0.2) is 35.8 Å². The molecule has 3 rings (SSSR count). The number of nitrogens with one attached hydrogen (secondary N) is 1. The third kappa shape index (κ3) is 3.85. The van der Waals surface area contributed by atoms with Crippen molar-refractivity contribution in [1.82, 2.24) is 4.98 Å². The fourth-order valence-corrected chi connectivity index (χ4v) is 3.51. The van der Waals surface area contributed by atoms with Crippen molar-refractivity contribution >= 4 is 28.2 Å². The molecule has 0 spiro atoms. The molecular weight excluding hydrogens is 308 g/mol. The molecule has 1 amide bonds. The number of benzene rings is 1. The molecule has 1 fully saturated rings. The van der Waals surface area contributed by atoms with Crippen molar-refractivity contribution in [2.75, 3.05) is 5.32 Å². The van der Waals surface area contributed by atoms with Gasteiger partial charge in [0, 0.05) is 23.9 Å². The third-order valence-electron chi connectivity index (χ3n) is 4.45. The van der Waals surface area contributed by atoms with Crippen LogP contribution in [0.5, 0.6) is 0 Å². The van der Waals surface area contributed by atoms with Gasteiger partial charge in [0.05, 0.1) is 5.92 Å². The summed E-state index contributed by atoms with van der Waals surface area (Å²) in [5.41, 5.74) is 2.14. The molecule has 23 heavy (non-hydrogen) atoms. The van der Waals surface area contributed by atoms with Crippen molar-refractivity contribution in [3.63, 3.8) is 0 Å². The Morgan fingerprint density at radius 1 is 1.39 bits per heavy atom. The summed E-state index contributed by atoms with van der Waals surface area (Å²) in [6.45, 7) is 1.89. The summed E-state index contributed by atoms with van der Waals surface area (Å²) in [7, 11) is 0. The van der Waals surface area contributed by atoms with E-state index in [-0.39, 0.29) is 17.7 Å². The minimum atomic E-state index is -0.235. The Morgan fingerprint density at radius 3 is 2.78 bits per heavy atom. The maximum absolute atomic E-state index is 12.2. The average Bonchev–Trinajstić information content (AvgIpc) is 3.20. The maximum atomic E-state index is 12.2. The minimum Gasteiger partial charge on any atom is -0.301 e. The van der Waals surface area contributed by atoms with Gasteiger partial charge in [-0.3, -0.25) is 9.59 Å². The number of ketones is 1. The second-order valence-corrected chi connectivity index (χ2v) is 6.94. The monoisotopic (exact) mass is 328 g/mol. The van der Waals surface area contributed by atoms with E-state index in [1.165, 1.54) is 16.9 Å². The standard InChI is InChI=1S/C18H20N2O2S/c1-12(17(22)20-18-19-9-10-23-18)14-7-5-13(6-8-14)11-15-3-2-4-16(15)21/h5-10,12,15H,2-4,11H2,1H3,(H,19,20,22)/t12-,15+/m0/s1. The molecule has 4 nitrogen and oxygen atoms in total. The summed E-state index contributed by atoms with van der Waals surface area (Å²) in [6.07, 6.45) is 5.25. The number of anilines is 1. The molecule has 120 valence electrons. The Labute approximate surface area is 140 Å². The minimum absolute atomic E-state index is 0.0568. The van der Waals surface area contributed by atoms with Crippen LogP contribution >= 0.6 is 11.3 Å². The molecule has 1 heterocycles. The van der Waals surface area contributed by atoms with Crippen molar-refractivity contribution in [2.24, 2.45) is 5.92 Å². The van der Waals surface area contributed by atoms with Crippen LogP contribution in [0.25, 0.3) is 0 Å². The van der Waals surface area contributed by atoms with Crippen molar-refractivity contribution in [3.8, 4) is 0 Å². The van der Waals surface area contributed by atoms with Gasteiger partial charge in [0.25, 0.3) is 0 Å². The molecular formula is C18H20N2O2S. The van der Waals surface area contributed by atoms with Gasteiger partial charge in [-0.25, -0.2) is 4.98 Å². The molecule has 1 saturated carbocycles. The van der Waals surface area contributed by atoms with E-state index in [1.807, 2.05) is 36.6 Å². The number of aromatic nitrogens is 1. The number of thiazole rings is 1. The molecule has 1 N–H and O–H groups in total. The second-order valence-electron chi connectivity index (χ2n) is 6.05. The lowest BCUT2D eigenvalue weighted by Crippen LogP contribution is -2.18. The molecule has 5 heteroatoms. The molecule has 0 unspecified atom stereocenters. The number of hydrogen-bond acceptors (Lipinski definition) is 4. The van der Waals surface area contributed by atoms with Gasteiger partial charge in [-0.05, 0) is 37.3 Å². The Morgan fingerprint density at radius 2 is 2.17 bits per heavy atom. The molecule has 1 aromatic heterocycles. The van der Waals surface area contributed by atoms with Crippen LogP contribution in [-0.4, -0.2) is 16.7 Å². The first-order valence-corrected chi connectivity index (χ1v) is 8.83. The van der Waals surface area contributed by atoms with E-state index < -0.39 is 0 Å². The van der Waals surface area contributed by atoms with Crippen molar-refractivity contribution in [2.45, 2.75) is 38.5 Å². The third-order valence-corrected chi connectivity index (χ3v) is 5.14. The van der Waals surface area contributed by atoms with Gasteiger partial charge < -0.3 is 5.32 Å². The number of hydrogen-bond donors (Lipinski definition) is 1. The van der Waals surface area contributed by atoms with Crippen LogP contribution in [0.2, 0.25) is 0 Å². The summed E-state index contributed by atoms with van der Waals surface area (Å²) < 4.78 is 0. The van der Waals surface area contributed by atoms with Crippen LogP contribution < -0.4 is 5.32 Å². The highest BCUT2D eigenvalue weighted by Gasteiger charge is 2.24. The number of carbonyl (C=O) groups excluding carboxylic acids is 2. The molecule has 2 aromatic rings. The summed E-state index contributed by atoms with van der Waals surface area (Å²) in [4.78, 5) is 28.0. The fraction of sp³-hybridized carbons (Fsp3) is 0.389. The molecule has 1 aliphatic rings. The lowest BCUT2D eigenvalue weighted by Gasteiger charge is -2.13. The van der Waals surface area contributed by atoms with Crippen LogP contribution in [0.3, 0.4) is 0 Å². The van der Waals surface area contributed by atoms with E-state index in [4.69, 9.17) is 0 Å². The van der Waals surface area contributed by atoms with Crippen LogP contribution in [-0.2, 0) is 16.0 Å². The predicted octanol–water partition coefficient (Wildman–Crippen LogP) is 3.80. The van der Waals surface area contributed by atoms with Gasteiger partial charge in [-0.1, -0.05) is 24.3 Å². The van der Waals surface area contributed by atoms with Gasteiger partial charge in [-0.15, -0.1) is 11.3 Å². The summed E-state index contributed by atoms with van der Waals surface area (Å²) in [5, 5.41) is 5.28. The lowest BCUT2D eigenvalue weighted by atomic mass is 9.94. The average molecular weight is 328 g/mol. The van der Waals surface area contributed by atoms with Gasteiger partial charge in [0.1, 0.15) is 5.78 Å². The van der Waals surface area contributed by atoms with E-state index in [0.717, 1.165) is 31.2 Å². The number of rotatable bonds is 5. The van der Waals surface area contributed by atoms with Gasteiger partial charge in [-0.2, -0.15) is 0 Å². The zero-order chi connectivity index (χ0) is 16.2. The molecule has 0 aliphatic heterocycles. The zero-order valence-corrected chi connectivity index (χ0v) is 13.9. The fourth-order valence-electron chi connectivity index (χ4n) is 2.98. The number of carbonyl (C=O) groups is 2. The number of amides is 1. The van der Waals surface area contributed by atoms with Crippen LogP contribution in [0.4, 0.5) is 5.13 Å². The molecule has 1 aromatic carbocycles. The van der Waals surface area contributed by atoms with E-state index in [2.05, 4.69) is 10.3 Å². The first-order valence-electron chi connectivity index (χ1n) is 7.95. The first kappa shape index (κ1) is 15.9. The number of Topliss-reactive ketones (excluding diaryl/α,β-unsaturated/α-hetero) is 1. The number of nitrogens with zero attached hydrogens (tertiary/aromatic N) is 1. The molecule has 1 aliphatic carbocycles. The molecule has 0 radical (unpaired) electrons. The van der Waals surface area contributed by atoms with Gasteiger partial charge in [0.2, 0.25) is 5.91 Å². The van der Waals surface area contributed by atoms with Crippen molar-refractivity contribution < 1.29 is 9.59 Å². The Bertz CT molecular complexity index is 680. The maximum Gasteiger partial charge on any atom is 0.233 e. The lowest BCUT2D eigenvalue weighted by molar-refractivity contribution is -0.120. The second kappa shape index (κ2) is 7.04. The topological polar surface area (TPSA) is 59.1 Å². The molecule has 0 bridgehead atoms. The molecule has 0 saturated heterocycles. The van der Waals surface area contributed by atoms with Gasteiger partial charge >= 0.3 is 0 Å². The quantitative estimate of drug-likeness (QED) is 0.908. The summed E-state index contributed by atoms with van der Waals surface area (Å²) in [6, 6.07) is 8.05. The largest absolute Gasteiger partial charge is 0.301 e. The summed E-state index contributed by atoms with van der Waals surface area (Å²) in [5.74, 6) is 0.288. The smallest absolute Gasteiger partial charge is 0.233 e. The van der Waals surface area contributed by atoms with E-state index in [0.29, 0.717) is 10.9 Å². The van der Waals surface area contributed by atoms with Crippen molar-refractivity contribution in [1.29, 1.82) is 0 Å². The van der Waals surface area contributed by atoms with Crippen LogP contribution in [0, 0.1) is 5.92 Å². The van der Waals surface area contributed by atoms with E-state index in [1.54, 1.807) is 6.20 Å². The predicted molar refractivity (Wildman–Crippen MR) is 91.7 cm³/mol. The highest BCUT2D eigenvalue weighted by Crippen LogP contribution is 2.26. The molecule has 2 atom stereocenters. The zero-order valence-electron chi connectivity index (χ0n) is 13.1. The first-order chi connectivity index (χ1) is 11.1. The van der Waals surface area contributed by atoms with Crippen LogP contribution in [0.1, 0.15) is 43.2 Å². The SMILES string of the molecule is C[C@H](C(=O)Nc1nccs1)c1ccc(C[C@H]2CCCC2=O)cc1. The van der Waals surface area contributed by atoms with Gasteiger partial charge in [0.15, 0.2) is 5.13 Å².